The quantitative estimate of drug-likeness (QED) is 0.411. The Bertz CT molecular complexity index is 1420. The molecule has 2 N–H and O–H groups in total. The van der Waals surface area contributed by atoms with Crippen LogP contribution in [0, 0.1) is 5.82 Å². The molecule has 1 aliphatic heterocycles. The Labute approximate surface area is 233 Å². The molecule has 2 aromatic carbocycles. The molecule has 0 unspecified atom stereocenters. The summed E-state index contributed by atoms with van der Waals surface area (Å²) in [6, 6.07) is 14.3. The van der Waals surface area contributed by atoms with Crippen molar-refractivity contribution in [2.45, 2.75) is 32.5 Å². The minimum Gasteiger partial charge on any atom is -0.497 e. The molecule has 0 saturated carbocycles. The number of aryl methyl sites for hydroxylation is 1. The SMILES string of the molecule is CCc1cc(Cc2ccc(F)c(C(=O)N3CCN(Cc4cccc(OC)c4)CC3)c2)n[nH]c1=O.O=C(O)C(F)(F)F. The Morgan fingerprint density at radius 2 is 1.73 bits per heavy atom. The van der Waals surface area contributed by atoms with Crippen molar-refractivity contribution < 1.29 is 37.0 Å². The molecule has 220 valence electrons. The average Bonchev–Trinajstić information content (AvgIpc) is 2.95. The van der Waals surface area contributed by atoms with Gasteiger partial charge in [0.25, 0.3) is 11.5 Å². The van der Waals surface area contributed by atoms with Crippen LogP contribution in [-0.2, 0) is 24.2 Å². The van der Waals surface area contributed by atoms with Crippen molar-refractivity contribution in [3.8, 4) is 5.75 Å². The van der Waals surface area contributed by atoms with Crippen LogP contribution in [-0.4, -0.2) is 76.4 Å². The third kappa shape index (κ3) is 8.87. The number of amides is 1. The summed E-state index contributed by atoms with van der Waals surface area (Å²) in [5, 5.41) is 13.7. The standard InChI is InChI=1S/C26H29FN4O3.C2HF3O2/c1-3-20-16-21(28-29-25(20)32)13-18-7-8-24(27)23(15-18)26(33)31-11-9-30(10-12-31)17-19-5-4-6-22(14-19)34-2;3-2(4,5)1(6)7/h4-8,14-16H,3,9-13,17H2,1-2H3,(H,29,32);(H,6,7). The van der Waals surface area contributed by atoms with Gasteiger partial charge in [-0.2, -0.15) is 18.3 Å². The van der Waals surface area contributed by atoms with E-state index in [0.717, 1.165) is 23.4 Å². The lowest BCUT2D eigenvalue weighted by Crippen LogP contribution is -2.48. The molecule has 1 aromatic heterocycles. The van der Waals surface area contributed by atoms with Crippen molar-refractivity contribution in [3.05, 3.63) is 92.6 Å². The number of hydrogen-bond donors (Lipinski definition) is 2. The Morgan fingerprint density at radius 3 is 2.34 bits per heavy atom. The number of aliphatic carboxylic acids is 1. The zero-order chi connectivity index (χ0) is 30.2. The predicted molar refractivity (Wildman–Crippen MR) is 141 cm³/mol. The van der Waals surface area contributed by atoms with E-state index >= 15 is 0 Å². The van der Waals surface area contributed by atoms with Crippen molar-refractivity contribution in [2.75, 3.05) is 33.3 Å². The molecule has 0 bridgehead atoms. The number of H-pyrrole nitrogens is 1. The maximum absolute atomic E-state index is 14.6. The highest BCUT2D eigenvalue weighted by Crippen LogP contribution is 2.19. The lowest BCUT2D eigenvalue weighted by Gasteiger charge is -2.35. The van der Waals surface area contributed by atoms with E-state index in [-0.39, 0.29) is 17.0 Å². The second kappa shape index (κ2) is 13.9. The van der Waals surface area contributed by atoms with Gasteiger partial charge >= 0.3 is 12.1 Å². The van der Waals surface area contributed by atoms with E-state index in [1.807, 2.05) is 25.1 Å². The van der Waals surface area contributed by atoms with Gasteiger partial charge in [-0.15, -0.1) is 0 Å². The summed E-state index contributed by atoms with van der Waals surface area (Å²) in [6.45, 7) is 5.17. The topological polar surface area (TPSA) is 116 Å². The van der Waals surface area contributed by atoms with Crippen LogP contribution >= 0.6 is 0 Å². The first-order chi connectivity index (χ1) is 19.4. The third-order valence-electron chi connectivity index (χ3n) is 6.40. The number of methoxy groups -OCH3 is 1. The minimum absolute atomic E-state index is 0.0684. The van der Waals surface area contributed by atoms with E-state index in [9.17, 15) is 27.2 Å². The van der Waals surface area contributed by atoms with Gasteiger partial charge in [0.15, 0.2) is 0 Å². The Hall–Kier alpha value is -4.26. The van der Waals surface area contributed by atoms with Gasteiger partial charge in [-0.05, 0) is 47.9 Å². The van der Waals surface area contributed by atoms with Gasteiger partial charge in [0.05, 0.1) is 18.4 Å². The van der Waals surface area contributed by atoms with Gasteiger partial charge in [-0.1, -0.05) is 25.1 Å². The molecule has 9 nitrogen and oxygen atoms in total. The Morgan fingerprint density at radius 1 is 1.05 bits per heavy atom. The van der Waals surface area contributed by atoms with Crippen LogP contribution in [0.25, 0.3) is 0 Å². The molecule has 13 heteroatoms. The van der Waals surface area contributed by atoms with E-state index in [1.165, 1.54) is 6.07 Å². The summed E-state index contributed by atoms with van der Waals surface area (Å²) in [5.74, 6) is -2.77. The fourth-order valence-electron chi connectivity index (χ4n) is 4.21. The Balaban J connectivity index is 0.000000587. The molecule has 1 aliphatic rings. The molecular formula is C28H30F4N4O5. The first-order valence-corrected chi connectivity index (χ1v) is 12.7. The summed E-state index contributed by atoms with van der Waals surface area (Å²) in [4.78, 5) is 37.7. The van der Waals surface area contributed by atoms with Crippen molar-refractivity contribution in [3.63, 3.8) is 0 Å². The summed E-state index contributed by atoms with van der Waals surface area (Å²) < 4.78 is 51.6. The molecule has 3 aromatic rings. The Kier molecular flexibility index (Phi) is 10.6. The second-order valence-electron chi connectivity index (χ2n) is 9.28. The van der Waals surface area contributed by atoms with E-state index in [0.29, 0.717) is 50.3 Å². The molecule has 4 rings (SSSR count). The normalized spacial score (nSPS) is 13.8. The maximum Gasteiger partial charge on any atom is 0.490 e. The highest BCUT2D eigenvalue weighted by atomic mass is 19.4. The van der Waals surface area contributed by atoms with Crippen molar-refractivity contribution >= 4 is 11.9 Å². The average molecular weight is 579 g/mol. The number of piperazine rings is 1. The minimum atomic E-state index is -5.08. The number of hydrogen-bond acceptors (Lipinski definition) is 6. The summed E-state index contributed by atoms with van der Waals surface area (Å²) in [5.41, 5.74) is 3.11. The number of carbonyl (C=O) groups excluding carboxylic acids is 1. The monoisotopic (exact) mass is 578 g/mol. The number of rotatable bonds is 7. The molecule has 1 amide bonds. The highest BCUT2D eigenvalue weighted by Gasteiger charge is 2.38. The van der Waals surface area contributed by atoms with Gasteiger partial charge in [0.2, 0.25) is 0 Å². The third-order valence-corrected chi connectivity index (χ3v) is 6.40. The van der Waals surface area contributed by atoms with Crippen LogP contribution in [0.1, 0.15) is 39.7 Å². The van der Waals surface area contributed by atoms with E-state index < -0.39 is 18.0 Å². The van der Waals surface area contributed by atoms with E-state index in [1.54, 1.807) is 30.2 Å². The van der Waals surface area contributed by atoms with Crippen LogP contribution in [0.15, 0.2) is 53.3 Å². The molecular weight excluding hydrogens is 548 g/mol. The number of carbonyl (C=O) groups is 2. The largest absolute Gasteiger partial charge is 0.497 e. The van der Waals surface area contributed by atoms with E-state index in [2.05, 4.69) is 21.2 Å². The maximum atomic E-state index is 14.6. The summed E-state index contributed by atoms with van der Waals surface area (Å²) >= 11 is 0. The number of ether oxygens (including phenoxy) is 1. The van der Waals surface area contributed by atoms with Crippen LogP contribution in [0.2, 0.25) is 0 Å². The van der Waals surface area contributed by atoms with Gasteiger partial charge < -0.3 is 14.7 Å². The number of aromatic nitrogens is 2. The lowest BCUT2D eigenvalue weighted by atomic mass is 10.0. The summed E-state index contributed by atoms with van der Waals surface area (Å²) in [6.07, 6.45) is -4.08. The number of carboxylic acids is 1. The number of nitrogens with one attached hydrogen (secondary N) is 1. The van der Waals surface area contributed by atoms with Gasteiger partial charge in [-0.25, -0.2) is 14.3 Å². The molecule has 0 radical (unpaired) electrons. The zero-order valence-electron chi connectivity index (χ0n) is 22.5. The molecule has 1 fully saturated rings. The fraction of sp³-hybridized carbons (Fsp3) is 0.357. The molecule has 41 heavy (non-hydrogen) atoms. The number of carboxylic acid groups (broad SMARTS) is 1. The fourth-order valence-corrected chi connectivity index (χ4v) is 4.21. The number of aromatic amines is 1. The highest BCUT2D eigenvalue weighted by molar-refractivity contribution is 5.94. The molecule has 0 spiro atoms. The summed E-state index contributed by atoms with van der Waals surface area (Å²) in [7, 11) is 1.65. The van der Waals surface area contributed by atoms with Crippen LogP contribution in [0.5, 0.6) is 5.75 Å². The first-order valence-electron chi connectivity index (χ1n) is 12.7. The lowest BCUT2D eigenvalue weighted by molar-refractivity contribution is -0.192. The number of halogens is 4. The predicted octanol–water partition coefficient (Wildman–Crippen LogP) is 3.66. The van der Waals surface area contributed by atoms with Crippen molar-refractivity contribution in [1.29, 1.82) is 0 Å². The molecule has 0 atom stereocenters. The molecule has 0 aliphatic carbocycles. The van der Waals surface area contributed by atoms with Crippen molar-refractivity contribution in [2.24, 2.45) is 0 Å². The molecule has 2 heterocycles. The second-order valence-corrected chi connectivity index (χ2v) is 9.28. The van der Waals surface area contributed by atoms with Crippen LogP contribution < -0.4 is 10.3 Å². The zero-order valence-corrected chi connectivity index (χ0v) is 22.5. The van der Waals surface area contributed by atoms with Gasteiger partial charge in [-0.3, -0.25) is 14.5 Å². The first kappa shape index (κ1) is 31.3. The number of nitrogens with zero attached hydrogens (tertiary/aromatic N) is 3. The number of benzene rings is 2. The van der Waals surface area contributed by atoms with Crippen LogP contribution in [0.3, 0.4) is 0 Å². The number of alkyl halides is 3. The van der Waals surface area contributed by atoms with Gasteiger partial charge in [0.1, 0.15) is 11.6 Å². The molecule has 1 saturated heterocycles. The smallest absolute Gasteiger partial charge is 0.490 e. The van der Waals surface area contributed by atoms with Crippen molar-refractivity contribution in [1.82, 2.24) is 20.0 Å². The van der Waals surface area contributed by atoms with Gasteiger partial charge in [0, 0.05) is 44.7 Å². The van der Waals surface area contributed by atoms with Crippen LogP contribution in [0.4, 0.5) is 17.6 Å². The van der Waals surface area contributed by atoms with E-state index in [4.69, 9.17) is 14.6 Å².